The van der Waals surface area contributed by atoms with Gasteiger partial charge < -0.3 is 15.2 Å². The van der Waals surface area contributed by atoms with Crippen molar-refractivity contribution in [2.45, 2.75) is 13.3 Å². The van der Waals surface area contributed by atoms with Crippen molar-refractivity contribution in [3.63, 3.8) is 0 Å². The van der Waals surface area contributed by atoms with Crippen molar-refractivity contribution in [2.24, 2.45) is 5.92 Å². The Morgan fingerprint density at radius 1 is 1.53 bits per heavy atom. The molecule has 0 saturated carbocycles. The molecule has 1 aliphatic rings. The van der Waals surface area contributed by atoms with Gasteiger partial charge in [-0.15, -0.1) is 0 Å². The fourth-order valence-electron chi connectivity index (χ4n) is 1.51. The molecule has 0 aromatic rings. The number of hydrogen-bond donors (Lipinski definition) is 2. The number of nitrogens with one attached hydrogen (secondary N) is 1. The van der Waals surface area contributed by atoms with Crippen LogP contribution in [-0.2, 0) is 19.1 Å². The molecule has 1 amide bonds. The summed E-state index contributed by atoms with van der Waals surface area (Å²) in [4.78, 5) is 33.1. The maximum Gasteiger partial charge on any atom is 0.336 e. The van der Waals surface area contributed by atoms with E-state index in [-0.39, 0.29) is 5.57 Å². The third kappa shape index (κ3) is 2.15. The van der Waals surface area contributed by atoms with E-state index in [0.29, 0.717) is 5.70 Å². The summed E-state index contributed by atoms with van der Waals surface area (Å²) in [5.41, 5.74) is 0.461. The molecule has 1 rings (SSSR count). The number of esters is 1. The van der Waals surface area contributed by atoms with Gasteiger partial charge in [-0.1, -0.05) is 0 Å². The molecule has 0 aliphatic carbocycles. The summed E-state index contributed by atoms with van der Waals surface area (Å²) < 4.78 is 4.48. The Morgan fingerprint density at radius 3 is 2.60 bits per heavy atom. The summed E-state index contributed by atoms with van der Waals surface area (Å²) in [6.45, 7) is 1.53. The van der Waals surface area contributed by atoms with Crippen LogP contribution in [0.1, 0.15) is 13.3 Å². The zero-order chi connectivity index (χ0) is 11.6. The number of aliphatic carboxylic acids is 1. The molecule has 0 aromatic carbocycles. The maximum absolute atomic E-state index is 11.3. The van der Waals surface area contributed by atoms with Gasteiger partial charge in [-0.2, -0.15) is 0 Å². The Morgan fingerprint density at radius 2 is 2.13 bits per heavy atom. The number of allylic oxidation sites excluding steroid dienone is 1. The Labute approximate surface area is 85.9 Å². The van der Waals surface area contributed by atoms with Gasteiger partial charge >= 0.3 is 11.9 Å². The average molecular weight is 213 g/mol. The van der Waals surface area contributed by atoms with E-state index in [2.05, 4.69) is 10.1 Å². The summed E-state index contributed by atoms with van der Waals surface area (Å²) in [7, 11) is 1.18. The highest BCUT2D eigenvalue weighted by molar-refractivity contribution is 6.03. The Balaban J connectivity index is 2.97. The lowest BCUT2D eigenvalue weighted by Crippen LogP contribution is -2.25. The number of methoxy groups -OCH3 is 1. The van der Waals surface area contributed by atoms with Crippen molar-refractivity contribution in [1.29, 1.82) is 0 Å². The van der Waals surface area contributed by atoms with E-state index in [1.54, 1.807) is 0 Å². The molecule has 15 heavy (non-hydrogen) atoms. The number of ether oxygens (including phenoxy) is 1. The van der Waals surface area contributed by atoms with E-state index in [4.69, 9.17) is 5.11 Å². The lowest BCUT2D eigenvalue weighted by molar-refractivity contribution is -0.141. The van der Waals surface area contributed by atoms with Crippen LogP contribution < -0.4 is 5.32 Å². The van der Waals surface area contributed by atoms with Crippen LogP contribution >= 0.6 is 0 Å². The zero-order valence-electron chi connectivity index (χ0n) is 8.36. The van der Waals surface area contributed by atoms with Crippen molar-refractivity contribution >= 4 is 17.8 Å². The second-order valence-corrected chi connectivity index (χ2v) is 3.17. The second kappa shape index (κ2) is 4.12. The fourth-order valence-corrected chi connectivity index (χ4v) is 1.51. The van der Waals surface area contributed by atoms with Gasteiger partial charge in [0.25, 0.3) is 0 Å². The van der Waals surface area contributed by atoms with Gasteiger partial charge in [-0.3, -0.25) is 9.59 Å². The highest BCUT2D eigenvalue weighted by atomic mass is 16.5. The number of hydrogen-bond acceptors (Lipinski definition) is 4. The number of amides is 1. The summed E-state index contributed by atoms with van der Waals surface area (Å²) in [6.07, 6.45) is -0.409. The molecular weight excluding hydrogens is 202 g/mol. The van der Waals surface area contributed by atoms with Gasteiger partial charge in [-0.25, -0.2) is 4.79 Å². The molecule has 0 aromatic heterocycles. The molecule has 0 fully saturated rings. The highest BCUT2D eigenvalue weighted by Gasteiger charge is 2.37. The minimum atomic E-state index is -1.13. The predicted octanol–water partition coefficient (Wildman–Crippen LogP) is -0.346. The van der Waals surface area contributed by atoms with E-state index < -0.39 is 30.2 Å². The molecule has 0 saturated heterocycles. The van der Waals surface area contributed by atoms with Crippen molar-refractivity contribution in [3.05, 3.63) is 11.3 Å². The van der Waals surface area contributed by atoms with E-state index in [1.165, 1.54) is 14.0 Å². The van der Waals surface area contributed by atoms with Gasteiger partial charge in [0.2, 0.25) is 5.91 Å². The van der Waals surface area contributed by atoms with Crippen LogP contribution in [0.3, 0.4) is 0 Å². The lowest BCUT2D eigenvalue weighted by Gasteiger charge is -2.07. The maximum atomic E-state index is 11.3. The standard InChI is InChI=1S/C9H11NO5/c1-4-7(9(14)15-2)5(3-6(11)12)8(13)10-4/h5H,3H2,1-2H3,(H,10,13)(H,11,12)/t5-/m0/s1. The van der Waals surface area contributed by atoms with Gasteiger partial charge in [0.05, 0.1) is 25.0 Å². The minimum absolute atomic E-state index is 0.102. The largest absolute Gasteiger partial charge is 0.481 e. The fraction of sp³-hybridized carbons (Fsp3) is 0.444. The van der Waals surface area contributed by atoms with Crippen LogP contribution in [-0.4, -0.2) is 30.1 Å². The first-order valence-corrected chi connectivity index (χ1v) is 4.29. The third-order valence-corrected chi connectivity index (χ3v) is 2.16. The van der Waals surface area contributed by atoms with E-state index in [1.807, 2.05) is 0 Å². The second-order valence-electron chi connectivity index (χ2n) is 3.17. The molecular formula is C9H11NO5. The molecule has 0 bridgehead atoms. The average Bonchev–Trinajstić information content (AvgIpc) is 2.40. The smallest absolute Gasteiger partial charge is 0.336 e. The monoisotopic (exact) mass is 213 g/mol. The summed E-state index contributed by atoms with van der Waals surface area (Å²) in [6, 6.07) is 0. The number of rotatable bonds is 3. The van der Waals surface area contributed by atoms with Crippen molar-refractivity contribution in [1.82, 2.24) is 5.32 Å². The molecule has 6 heteroatoms. The first-order valence-electron chi connectivity index (χ1n) is 4.29. The zero-order valence-corrected chi connectivity index (χ0v) is 8.36. The molecule has 6 nitrogen and oxygen atoms in total. The number of carbonyl (C=O) groups is 3. The number of carboxylic acids is 1. The van der Waals surface area contributed by atoms with Crippen molar-refractivity contribution in [2.75, 3.05) is 7.11 Å². The first-order chi connectivity index (χ1) is 6.97. The van der Waals surface area contributed by atoms with Gasteiger partial charge in [0.15, 0.2) is 0 Å². The number of carbonyl (C=O) groups excluding carboxylic acids is 2. The Hall–Kier alpha value is -1.85. The Kier molecular flexibility index (Phi) is 3.08. The molecule has 2 N–H and O–H groups in total. The van der Waals surface area contributed by atoms with Crippen LogP contribution in [0.4, 0.5) is 0 Å². The third-order valence-electron chi connectivity index (χ3n) is 2.16. The van der Waals surface area contributed by atoms with Crippen LogP contribution in [0.2, 0.25) is 0 Å². The van der Waals surface area contributed by atoms with E-state index >= 15 is 0 Å². The first kappa shape index (κ1) is 11.2. The van der Waals surface area contributed by atoms with Crippen LogP contribution in [0.5, 0.6) is 0 Å². The normalized spacial score (nSPS) is 20.1. The topological polar surface area (TPSA) is 92.7 Å². The molecule has 0 unspecified atom stereocenters. The molecule has 1 aliphatic heterocycles. The van der Waals surface area contributed by atoms with E-state index in [0.717, 1.165) is 0 Å². The summed E-state index contributed by atoms with van der Waals surface area (Å²) >= 11 is 0. The predicted molar refractivity (Wildman–Crippen MR) is 48.6 cm³/mol. The van der Waals surface area contributed by atoms with E-state index in [9.17, 15) is 14.4 Å². The van der Waals surface area contributed by atoms with Crippen molar-refractivity contribution in [3.8, 4) is 0 Å². The lowest BCUT2D eigenvalue weighted by atomic mass is 9.97. The van der Waals surface area contributed by atoms with Crippen LogP contribution in [0.15, 0.2) is 11.3 Å². The quantitative estimate of drug-likeness (QED) is 0.625. The summed E-state index contributed by atoms with van der Waals surface area (Å²) in [5.74, 6) is -3.23. The molecule has 1 heterocycles. The van der Waals surface area contributed by atoms with Gasteiger partial charge in [0, 0.05) is 5.70 Å². The van der Waals surface area contributed by atoms with Crippen molar-refractivity contribution < 1.29 is 24.2 Å². The SMILES string of the molecule is COC(=O)C1=C(C)NC(=O)[C@H]1CC(=O)O. The molecule has 82 valence electrons. The molecule has 1 atom stereocenters. The molecule has 0 radical (unpaired) electrons. The summed E-state index contributed by atoms with van der Waals surface area (Å²) in [5, 5.41) is 11.0. The van der Waals surface area contributed by atoms with Gasteiger partial charge in [0.1, 0.15) is 0 Å². The highest BCUT2D eigenvalue weighted by Crippen LogP contribution is 2.25. The molecule has 0 spiro atoms. The van der Waals surface area contributed by atoms with Gasteiger partial charge in [-0.05, 0) is 6.92 Å². The van der Waals surface area contributed by atoms with Crippen LogP contribution in [0.25, 0.3) is 0 Å². The minimum Gasteiger partial charge on any atom is -0.481 e. The Bertz CT molecular complexity index is 358. The number of carboxylic acid groups (broad SMARTS) is 1. The van der Waals surface area contributed by atoms with Crippen LogP contribution in [0, 0.1) is 5.92 Å².